The number of rotatable bonds is 4. The van der Waals surface area contributed by atoms with E-state index >= 15 is 0 Å². The van der Waals surface area contributed by atoms with E-state index in [1.165, 1.54) is 21.9 Å². The van der Waals surface area contributed by atoms with Crippen LogP contribution in [0, 0.1) is 12.8 Å². The van der Waals surface area contributed by atoms with Gasteiger partial charge in [0.15, 0.2) is 0 Å². The number of fused-ring (bicyclic) bond motifs is 1. The number of carbonyl (C=O) groups is 1. The molecule has 1 heterocycles. The van der Waals surface area contributed by atoms with E-state index in [1.807, 2.05) is 24.3 Å². The van der Waals surface area contributed by atoms with Gasteiger partial charge in [-0.1, -0.05) is 60.2 Å². The summed E-state index contributed by atoms with van der Waals surface area (Å²) in [5.41, 5.74) is 3.47. The van der Waals surface area contributed by atoms with Crippen molar-refractivity contribution in [3.63, 3.8) is 0 Å². The van der Waals surface area contributed by atoms with E-state index in [-0.39, 0.29) is 11.8 Å². The monoisotopic (exact) mass is 358 g/mol. The highest BCUT2D eigenvalue weighted by Gasteiger charge is 2.25. The maximum absolute atomic E-state index is 12.6. The fourth-order valence-corrected chi connectivity index (χ4v) is 3.91. The Morgan fingerprint density at radius 2 is 1.67 bits per heavy atom. The maximum atomic E-state index is 12.6. The van der Waals surface area contributed by atoms with Crippen LogP contribution in [-0.2, 0) is 11.3 Å². The molecule has 1 N–H and O–H groups in total. The van der Waals surface area contributed by atoms with Gasteiger partial charge >= 0.3 is 0 Å². The fraction of sp³-hybridized carbons (Fsp3) is 0.292. The molecule has 3 heteroatoms. The van der Waals surface area contributed by atoms with Crippen molar-refractivity contribution in [1.29, 1.82) is 0 Å². The normalized spacial score (nSPS) is 15.7. The van der Waals surface area contributed by atoms with Gasteiger partial charge in [-0.05, 0) is 61.3 Å². The predicted molar refractivity (Wildman–Crippen MR) is 112 cm³/mol. The molecule has 0 unspecified atom stereocenters. The second-order valence-electron chi connectivity index (χ2n) is 7.54. The van der Waals surface area contributed by atoms with Gasteiger partial charge in [0.05, 0.1) is 0 Å². The molecule has 27 heavy (non-hydrogen) atoms. The van der Waals surface area contributed by atoms with E-state index < -0.39 is 0 Å². The maximum Gasteiger partial charge on any atom is 0.227 e. The van der Waals surface area contributed by atoms with Gasteiger partial charge in [-0.3, -0.25) is 9.69 Å². The van der Waals surface area contributed by atoms with E-state index in [2.05, 4.69) is 59.6 Å². The van der Waals surface area contributed by atoms with Crippen LogP contribution in [0.2, 0.25) is 0 Å². The van der Waals surface area contributed by atoms with E-state index in [0.717, 1.165) is 38.2 Å². The third-order valence-electron chi connectivity index (χ3n) is 5.55. The predicted octanol–water partition coefficient (Wildman–Crippen LogP) is 5.00. The van der Waals surface area contributed by atoms with E-state index in [0.29, 0.717) is 0 Å². The van der Waals surface area contributed by atoms with Gasteiger partial charge in [0.2, 0.25) is 5.91 Å². The van der Waals surface area contributed by atoms with Crippen LogP contribution in [-0.4, -0.2) is 23.9 Å². The molecular weight excluding hydrogens is 332 g/mol. The molecule has 0 aromatic heterocycles. The quantitative estimate of drug-likeness (QED) is 0.712. The highest BCUT2D eigenvalue weighted by atomic mass is 16.1. The Kier molecular flexibility index (Phi) is 5.21. The number of nitrogens with zero attached hydrogens (tertiary/aromatic N) is 1. The minimum Gasteiger partial charge on any atom is -0.326 e. The second kappa shape index (κ2) is 7.93. The summed E-state index contributed by atoms with van der Waals surface area (Å²) in [6, 6.07) is 23.1. The number of aryl methyl sites for hydroxylation is 1. The molecule has 0 bridgehead atoms. The molecule has 3 nitrogen and oxygen atoms in total. The highest BCUT2D eigenvalue weighted by molar-refractivity contribution is 5.92. The number of carbonyl (C=O) groups excluding carboxylic acids is 1. The first-order valence-electron chi connectivity index (χ1n) is 9.75. The minimum absolute atomic E-state index is 0.107. The smallest absolute Gasteiger partial charge is 0.227 e. The van der Waals surface area contributed by atoms with E-state index in [9.17, 15) is 4.79 Å². The third-order valence-corrected chi connectivity index (χ3v) is 5.55. The average molecular weight is 358 g/mol. The second-order valence-corrected chi connectivity index (χ2v) is 7.54. The zero-order chi connectivity index (χ0) is 18.6. The lowest BCUT2D eigenvalue weighted by atomic mass is 9.95. The molecule has 4 rings (SSSR count). The molecule has 1 amide bonds. The number of nitrogens with one attached hydrogen (secondary N) is 1. The van der Waals surface area contributed by atoms with Crippen molar-refractivity contribution in [2.24, 2.45) is 5.92 Å². The standard InChI is InChI=1S/C24H26N2O/c1-18-9-11-22(12-10-18)25-24(27)20-13-15-26(16-14-20)17-21-7-4-6-19-5-2-3-8-23(19)21/h2-12,20H,13-17H2,1H3,(H,25,27). The number of amides is 1. The Balaban J connectivity index is 1.34. The lowest BCUT2D eigenvalue weighted by Gasteiger charge is -2.31. The Labute approximate surface area is 161 Å². The summed E-state index contributed by atoms with van der Waals surface area (Å²) in [5.74, 6) is 0.263. The van der Waals surface area contributed by atoms with Crippen LogP contribution in [0.5, 0.6) is 0 Å². The number of likely N-dealkylation sites (tertiary alicyclic amines) is 1. The lowest BCUT2D eigenvalue weighted by Crippen LogP contribution is -2.37. The van der Waals surface area contributed by atoms with Crippen molar-refractivity contribution in [2.45, 2.75) is 26.3 Å². The van der Waals surface area contributed by atoms with Crippen LogP contribution in [0.15, 0.2) is 66.7 Å². The van der Waals surface area contributed by atoms with Gasteiger partial charge in [0.1, 0.15) is 0 Å². The highest BCUT2D eigenvalue weighted by Crippen LogP contribution is 2.24. The Morgan fingerprint density at radius 1 is 0.963 bits per heavy atom. The molecule has 3 aromatic carbocycles. The van der Waals surface area contributed by atoms with Gasteiger partial charge in [-0.25, -0.2) is 0 Å². The van der Waals surface area contributed by atoms with Crippen LogP contribution in [0.4, 0.5) is 5.69 Å². The molecule has 0 atom stereocenters. The summed E-state index contributed by atoms with van der Waals surface area (Å²) in [5, 5.41) is 5.70. The molecule has 0 saturated carbocycles. The average Bonchev–Trinajstić information content (AvgIpc) is 2.70. The first-order valence-corrected chi connectivity index (χ1v) is 9.75. The Bertz CT molecular complexity index is 919. The largest absolute Gasteiger partial charge is 0.326 e. The summed E-state index contributed by atoms with van der Waals surface area (Å²) in [4.78, 5) is 15.0. The van der Waals surface area contributed by atoms with Gasteiger partial charge in [0.25, 0.3) is 0 Å². The number of anilines is 1. The first kappa shape index (κ1) is 17.7. The number of benzene rings is 3. The third kappa shape index (κ3) is 4.20. The molecular formula is C24H26N2O. The van der Waals surface area contributed by atoms with Crippen LogP contribution in [0.1, 0.15) is 24.0 Å². The van der Waals surface area contributed by atoms with Gasteiger partial charge in [0, 0.05) is 18.2 Å². The Morgan fingerprint density at radius 3 is 2.44 bits per heavy atom. The number of hydrogen-bond acceptors (Lipinski definition) is 2. The van der Waals surface area contributed by atoms with Gasteiger partial charge < -0.3 is 5.32 Å². The van der Waals surface area contributed by atoms with Gasteiger partial charge in [-0.15, -0.1) is 0 Å². The van der Waals surface area contributed by atoms with Crippen LogP contribution in [0.25, 0.3) is 10.8 Å². The Hall–Kier alpha value is -2.65. The lowest BCUT2D eigenvalue weighted by molar-refractivity contribution is -0.121. The summed E-state index contributed by atoms with van der Waals surface area (Å²) >= 11 is 0. The van der Waals surface area contributed by atoms with Crippen molar-refractivity contribution < 1.29 is 4.79 Å². The van der Waals surface area contributed by atoms with Crippen molar-refractivity contribution in [3.8, 4) is 0 Å². The van der Waals surface area contributed by atoms with Crippen molar-refractivity contribution in [1.82, 2.24) is 4.90 Å². The van der Waals surface area contributed by atoms with Crippen molar-refractivity contribution >= 4 is 22.4 Å². The van der Waals surface area contributed by atoms with Crippen molar-refractivity contribution in [3.05, 3.63) is 77.9 Å². The van der Waals surface area contributed by atoms with Crippen molar-refractivity contribution in [2.75, 3.05) is 18.4 Å². The van der Waals surface area contributed by atoms with Crippen LogP contribution in [0.3, 0.4) is 0 Å². The fourth-order valence-electron chi connectivity index (χ4n) is 3.91. The van der Waals surface area contributed by atoms with Crippen LogP contribution >= 0.6 is 0 Å². The zero-order valence-electron chi connectivity index (χ0n) is 15.8. The molecule has 3 aromatic rings. The SMILES string of the molecule is Cc1ccc(NC(=O)C2CCN(Cc3cccc4ccccc34)CC2)cc1. The summed E-state index contributed by atoms with van der Waals surface area (Å²) < 4.78 is 0. The molecule has 0 radical (unpaired) electrons. The molecule has 1 saturated heterocycles. The van der Waals surface area contributed by atoms with E-state index in [1.54, 1.807) is 0 Å². The molecule has 138 valence electrons. The summed E-state index contributed by atoms with van der Waals surface area (Å²) in [6.45, 7) is 4.94. The summed E-state index contributed by atoms with van der Waals surface area (Å²) in [6.07, 6.45) is 1.84. The molecule has 0 aliphatic carbocycles. The van der Waals surface area contributed by atoms with Crippen LogP contribution < -0.4 is 5.32 Å². The molecule has 1 aliphatic rings. The molecule has 1 aliphatic heterocycles. The first-order chi connectivity index (χ1) is 13.2. The number of hydrogen-bond donors (Lipinski definition) is 1. The zero-order valence-corrected chi connectivity index (χ0v) is 15.8. The van der Waals surface area contributed by atoms with E-state index in [4.69, 9.17) is 0 Å². The molecule has 0 spiro atoms. The minimum atomic E-state index is 0.107. The molecule has 1 fully saturated rings. The summed E-state index contributed by atoms with van der Waals surface area (Å²) in [7, 11) is 0. The number of piperidine rings is 1. The topological polar surface area (TPSA) is 32.3 Å². The van der Waals surface area contributed by atoms with Gasteiger partial charge in [-0.2, -0.15) is 0 Å².